The molecular formula is C22H29F2IN4O3. The SMILES string of the molecule is CCNC(=O)c1ccc(CN=C(NCC)NCC(O)c2ccc(OC(F)F)cc2)cc1.I. The minimum Gasteiger partial charge on any atom is -0.435 e. The van der Waals surface area contributed by atoms with Crippen LogP contribution in [0.4, 0.5) is 8.78 Å². The lowest BCUT2D eigenvalue weighted by atomic mass is 10.1. The molecule has 32 heavy (non-hydrogen) atoms. The van der Waals surface area contributed by atoms with Gasteiger partial charge in [-0.15, -0.1) is 24.0 Å². The molecule has 1 unspecified atom stereocenters. The van der Waals surface area contributed by atoms with Crippen molar-refractivity contribution in [3.63, 3.8) is 0 Å². The van der Waals surface area contributed by atoms with Crippen LogP contribution >= 0.6 is 24.0 Å². The van der Waals surface area contributed by atoms with Crippen LogP contribution in [0.3, 0.4) is 0 Å². The van der Waals surface area contributed by atoms with E-state index in [1.54, 1.807) is 12.1 Å². The maximum Gasteiger partial charge on any atom is 0.387 e. The molecule has 10 heteroatoms. The molecule has 0 fully saturated rings. The molecule has 0 saturated heterocycles. The highest BCUT2D eigenvalue weighted by Crippen LogP contribution is 2.19. The Morgan fingerprint density at radius 2 is 1.62 bits per heavy atom. The van der Waals surface area contributed by atoms with E-state index >= 15 is 0 Å². The largest absolute Gasteiger partial charge is 0.435 e. The number of carbonyl (C=O) groups excluding carboxylic acids is 1. The number of aliphatic imine (C=N–C) groups is 1. The number of aliphatic hydroxyl groups excluding tert-OH is 1. The summed E-state index contributed by atoms with van der Waals surface area (Å²) in [5.74, 6) is 0.439. The molecule has 0 saturated carbocycles. The number of hydrogen-bond acceptors (Lipinski definition) is 4. The summed E-state index contributed by atoms with van der Waals surface area (Å²) in [4.78, 5) is 16.3. The van der Waals surface area contributed by atoms with Crippen molar-refractivity contribution in [2.45, 2.75) is 33.1 Å². The van der Waals surface area contributed by atoms with Crippen molar-refractivity contribution >= 4 is 35.8 Å². The standard InChI is InChI=1S/C22H28F2N4O3.HI/c1-3-25-20(30)17-7-5-15(6-8-17)13-27-22(26-4-2)28-14-19(29)16-9-11-18(12-10-16)31-21(23)24;/h5-12,19,21,29H,3-4,13-14H2,1-2H3,(H,25,30)(H2,26,27,28);1H. The van der Waals surface area contributed by atoms with Crippen molar-refractivity contribution in [1.29, 1.82) is 0 Å². The number of carbonyl (C=O) groups is 1. The number of benzene rings is 2. The van der Waals surface area contributed by atoms with E-state index in [-0.39, 0.29) is 42.2 Å². The number of halogens is 3. The van der Waals surface area contributed by atoms with Crippen LogP contribution < -0.4 is 20.7 Å². The number of aliphatic hydroxyl groups is 1. The van der Waals surface area contributed by atoms with Crippen LogP contribution in [0, 0.1) is 0 Å². The molecule has 0 aliphatic heterocycles. The van der Waals surface area contributed by atoms with Crippen LogP contribution in [0.2, 0.25) is 0 Å². The molecule has 7 nitrogen and oxygen atoms in total. The highest BCUT2D eigenvalue weighted by atomic mass is 127. The van der Waals surface area contributed by atoms with Gasteiger partial charge in [0, 0.05) is 25.2 Å². The van der Waals surface area contributed by atoms with E-state index in [0.29, 0.717) is 36.7 Å². The molecular weight excluding hydrogens is 533 g/mol. The summed E-state index contributed by atoms with van der Waals surface area (Å²) < 4.78 is 28.8. The van der Waals surface area contributed by atoms with Gasteiger partial charge >= 0.3 is 6.61 Å². The lowest BCUT2D eigenvalue weighted by molar-refractivity contribution is -0.0498. The topological polar surface area (TPSA) is 95.0 Å². The second kappa shape index (κ2) is 14.6. The number of amides is 1. The normalized spacial score (nSPS) is 12.0. The number of nitrogens with zero attached hydrogens (tertiary/aromatic N) is 1. The van der Waals surface area contributed by atoms with Crippen LogP contribution in [0.25, 0.3) is 0 Å². The predicted octanol–water partition coefficient (Wildman–Crippen LogP) is 3.44. The van der Waals surface area contributed by atoms with Crippen molar-refractivity contribution in [2.75, 3.05) is 19.6 Å². The van der Waals surface area contributed by atoms with Crippen LogP contribution in [-0.2, 0) is 6.54 Å². The maximum absolute atomic E-state index is 12.2. The highest BCUT2D eigenvalue weighted by Gasteiger charge is 2.10. The van der Waals surface area contributed by atoms with E-state index in [9.17, 15) is 18.7 Å². The lowest BCUT2D eigenvalue weighted by Crippen LogP contribution is -2.39. The van der Waals surface area contributed by atoms with E-state index in [1.807, 2.05) is 26.0 Å². The van der Waals surface area contributed by atoms with E-state index in [2.05, 4.69) is 25.7 Å². The van der Waals surface area contributed by atoms with Gasteiger partial charge in [-0.25, -0.2) is 4.99 Å². The molecule has 0 aliphatic carbocycles. The fraction of sp³-hybridized carbons (Fsp3) is 0.364. The Balaban J connectivity index is 0.00000512. The van der Waals surface area contributed by atoms with Gasteiger partial charge in [0.2, 0.25) is 0 Å². The molecule has 0 heterocycles. The minimum atomic E-state index is -2.89. The van der Waals surface area contributed by atoms with E-state index in [1.165, 1.54) is 24.3 Å². The predicted molar refractivity (Wildman–Crippen MR) is 131 cm³/mol. The zero-order chi connectivity index (χ0) is 22.6. The van der Waals surface area contributed by atoms with Gasteiger partial charge in [0.1, 0.15) is 5.75 Å². The first-order valence-electron chi connectivity index (χ1n) is 10.0. The zero-order valence-corrected chi connectivity index (χ0v) is 20.3. The van der Waals surface area contributed by atoms with Crippen molar-refractivity contribution < 1.29 is 23.4 Å². The van der Waals surface area contributed by atoms with Gasteiger partial charge in [0.15, 0.2) is 5.96 Å². The Morgan fingerprint density at radius 1 is 1.00 bits per heavy atom. The second-order valence-corrected chi connectivity index (χ2v) is 6.60. The maximum atomic E-state index is 12.2. The molecule has 0 aromatic heterocycles. The summed E-state index contributed by atoms with van der Waals surface area (Å²) in [6, 6.07) is 13.0. The molecule has 176 valence electrons. The number of guanidine groups is 1. The molecule has 2 rings (SSSR count). The number of ether oxygens (including phenoxy) is 1. The molecule has 4 N–H and O–H groups in total. The average molecular weight is 562 g/mol. The first-order chi connectivity index (χ1) is 14.9. The Morgan fingerprint density at radius 3 is 2.19 bits per heavy atom. The Bertz CT molecular complexity index is 849. The summed E-state index contributed by atoms with van der Waals surface area (Å²) >= 11 is 0. The van der Waals surface area contributed by atoms with Crippen molar-refractivity contribution in [3.05, 3.63) is 65.2 Å². The van der Waals surface area contributed by atoms with Crippen molar-refractivity contribution in [3.8, 4) is 5.75 Å². The Labute approximate surface area is 203 Å². The third-order valence-corrected chi connectivity index (χ3v) is 4.27. The molecule has 2 aromatic rings. The third kappa shape index (κ3) is 9.35. The third-order valence-electron chi connectivity index (χ3n) is 4.27. The zero-order valence-electron chi connectivity index (χ0n) is 18.0. The molecule has 0 aliphatic rings. The number of rotatable bonds is 10. The Hall–Kier alpha value is -2.47. The summed E-state index contributed by atoms with van der Waals surface area (Å²) in [6.07, 6.45) is -0.860. The molecule has 0 radical (unpaired) electrons. The van der Waals surface area contributed by atoms with Gasteiger partial charge in [0.25, 0.3) is 5.91 Å². The minimum absolute atomic E-state index is 0. The van der Waals surface area contributed by atoms with Crippen LogP contribution in [-0.4, -0.2) is 43.2 Å². The van der Waals surface area contributed by atoms with E-state index < -0.39 is 12.7 Å². The van der Waals surface area contributed by atoms with Gasteiger partial charge < -0.3 is 25.8 Å². The van der Waals surface area contributed by atoms with Gasteiger partial charge in [-0.1, -0.05) is 24.3 Å². The van der Waals surface area contributed by atoms with Crippen LogP contribution in [0.1, 0.15) is 41.4 Å². The summed E-state index contributed by atoms with van der Waals surface area (Å²) in [7, 11) is 0. The number of alkyl halides is 2. The van der Waals surface area contributed by atoms with E-state index in [0.717, 1.165) is 5.56 Å². The summed E-state index contributed by atoms with van der Waals surface area (Å²) in [5.41, 5.74) is 2.08. The van der Waals surface area contributed by atoms with Crippen LogP contribution in [0.15, 0.2) is 53.5 Å². The number of hydrogen-bond donors (Lipinski definition) is 4. The average Bonchev–Trinajstić information content (AvgIpc) is 2.76. The number of nitrogens with one attached hydrogen (secondary N) is 3. The molecule has 1 atom stereocenters. The smallest absolute Gasteiger partial charge is 0.387 e. The fourth-order valence-electron chi connectivity index (χ4n) is 2.72. The van der Waals surface area contributed by atoms with E-state index in [4.69, 9.17) is 0 Å². The molecule has 1 amide bonds. The first-order valence-corrected chi connectivity index (χ1v) is 10.0. The summed E-state index contributed by atoms with van der Waals surface area (Å²) in [6.45, 7) is 2.68. The molecule has 0 spiro atoms. The molecule has 0 bridgehead atoms. The van der Waals surface area contributed by atoms with Crippen molar-refractivity contribution in [1.82, 2.24) is 16.0 Å². The van der Waals surface area contributed by atoms with Crippen LogP contribution in [0.5, 0.6) is 5.75 Å². The van der Waals surface area contributed by atoms with Gasteiger partial charge in [-0.3, -0.25) is 4.79 Å². The lowest BCUT2D eigenvalue weighted by Gasteiger charge is -2.16. The quantitative estimate of drug-likeness (QED) is 0.202. The highest BCUT2D eigenvalue weighted by molar-refractivity contribution is 14.0. The second-order valence-electron chi connectivity index (χ2n) is 6.60. The Kier molecular flexibility index (Phi) is 12.5. The van der Waals surface area contributed by atoms with Gasteiger partial charge in [0.05, 0.1) is 12.6 Å². The van der Waals surface area contributed by atoms with Crippen molar-refractivity contribution in [2.24, 2.45) is 4.99 Å². The molecule has 2 aromatic carbocycles. The fourth-order valence-corrected chi connectivity index (χ4v) is 2.72. The van der Waals surface area contributed by atoms with Gasteiger partial charge in [-0.2, -0.15) is 8.78 Å². The van der Waals surface area contributed by atoms with Gasteiger partial charge in [-0.05, 0) is 49.2 Å². The first kappa shape index (κ1) is 27.6. The summed E-state index contributed by atoms with van der Waals surface area (Å²) in [5, 5.41) is 19.3. The monoisotopic (exact) mass is 562 g/mol.